The third-order valence-corrected chi connectivity index (χ3v) is 3.01. The highest BCUT2D eigenvalue weighted by molar-refractivity contribution is 5.68. The van der Waals surface area contributed by atoms with Gasteiger partial charge >= 0.3 is 0 Å². The lowest BCUT2D eigenvalue weighted by Crippen LogP contribution is -1.97. The average molecular weight is 268 g/mol. The van der Waals surface area contributed by atoms with E-state index in [1.165, 1.54) is 5.56 Å². The molecule has 0 fully saturated rings. The van der Waals surface area contributed by atoms with E-state index in [-0.39, 0.29) is 0 Å². The lowest BCUT2D eigenvalue weighted by Gasteiger charge is -2.12. The van der Waals surface area contributed by atoms with E-state index >= 15 is 0 Å². The molecule has 0 unspecified atom stereocenters. The lowest BCUT2D eigenvalue weighted by atomic mass is 9.99. The number of methoxy groups -OCH3 is 1. The Labute approximate surface area is 118 Å². The van der Waals surface area contributed by atoms with Gasteiger partial charge in [0.15, 0.2) is 12.0 Å². The monoisotopic (exact) mass is 268 g/mol. The highest BCUT2D eigenvalue weighted by Crippen LogP contribution is 2.31. The van der Waals surface area contributed by atoms with Crippen LogP contribution in [0.15, 0.2) is 30.3 Å². The fourth-order valence-corrected chi connectivity index (χ4v) is 1.88. The highest BCUT2D eigenvalue weighted by Gasteiger charge is 2.10. The number of anilines is 1. The van der Waals surface area contributed by atoms with E-state index in [2.05, 4.69) is 35.4 Å². The molecule has 1 aromatic heterocycles. The first-order valence-electron chi connectivity index (χ1n) is 6.33. The van der Waals surface area contributed by atoms with E-state index in [0.29, 0.717) is 17.4 Å². The van der Waals surface area contributed by atoms with Crippen molar-refractivity contribution in [1.29, 1.82) is 5.26 Å². The van der Waals surface area contributed by atoms with Gasteiger partial charge in [0.2, 0.25) is 0 Å². The molecule has 0 aliphatic heterocycles. The van der Waals surface area contributed by atoms with Crippen LogP contribution >= 0.6 is 0 Å². The zero-order valence-electron chi connectivity index (χ0n) is 11.7. The largest absolute Gasteiger partial charge is 0.496 e. The molecule has 0 spiro atoms. The number of benzene rings is 1. The van der Waals surface area contributed by atoms with Crippen molar-refractivity contribution in [2.75, 3.05) is 12.4 Å². The van der Waals surface area contributed by atoms with Gasteiger partial charge in [0.1, 0.15) is 5.75 Å². The molecular weight excluding hydrogens is 252 g/mol. The molecule has 2 rings (SSSR count). The number of ether oxygens (including phenoxy) is 1. The van der Waals surface area contributed by atoms with Crippen LogP contribution in [0, 0.1) is 11.5 Å². The van der Waals surface area contributed by atoms with Gasteiger partial charge in [0.05, 0.1) is 12.8 Å². The van der Waals surface area contributed by atoms with Gasteiger partial charge in [-0.05, 0) is 35.7 Å². The maximum Gasteiger partial charge on any atom is 0.182 e. The average Bonchev–Trinajstić information content (AvgIpc) is 2.47. The van der Waals surface area contributed by atoms with E-state index in [1.54, 1.807) is 13.2 Å². The number of rotatable bonds is 4. The number of nitrogens with one attached hydrogen (secondary N) is 1. The molecule has 0 aliphatic carbocycles. The maximum atomic E-state index is 8.54. The Morgan fingerprint density at radius 1 is 1.20 bits per heavy atom. The number of hydrogen-bond acceptors (Lipinski definition) is 5. The molecule has 1 aromatic carbocycles. The summed E-state index contributed by atoms with van der Waals surface area (Å²) in [5, 5.41) is 19.1. The standard InChI is InChI=1S/C15H16N4O/c1-10(2)11-4-6-14(20-3)12(8-11)13-5-7-15(17-9-16)19-18-13/h4-8,10H,1-3H3,(H,17,19). The third-order valence-electron chi connectivity index (χ3n) is 3.01. The first-order chi connectivity index (χ1) is 9.65. The van der Waals surface area contributed by atoms with E-state index in [4.69, 9.17) is 10.00 Å². The van der Waals surface area contributed by atoms with Gasteiger partial charge in [-0.25, -0.2) is 0 Å². The summed E-state index contributed by atoms with van der Waals surface area (Å²) in [6.45, 7) is 4.27. The van der Waals surface area contributed by atoms with Gasteiger partial charge in [-0.2, -0.15) is 5.26 Å². The van der Waals surface area contributed by atoms with Gasteiger partial charge in [0, 0.05) is 5.56 Å². The summed E-state index contributed by atoms with van der Waals surface area (Å²) >= 11 is 0. The van der Waals surface area contributed by atoms with Crippen molar-refractivity contribution >= 4 is 5.82 Å². The molecule has 20 heavy (non-hydrogen) atoms. The van der Waals surface area contributed by atoms with E-state index in [0.717, 1.165) is 11.3 Å². The second-order valence-corrected chi connectivity index (χ2v) is 4.66. The zero-order chi connectivity index (χ0) is 14.5. The number of nitriles is 1. The second-order valence-electron chi connectivity index (χ2n) is 4.66. The molecule has 2 aromatic rings. The van der Waals surface area contributed by atoms with E-state index in [9.17, 15) is 0 Å². The minimum absolute atomic E-state index is 0.423. The van der Waals surface area contributed by atoms with Crippen molar-refractivity contribution < 1.29 is 4.74 Å². The van der Waals surface area contributed by atoms with Crippen LogP contribution in [0.3, 0.4) is 0 Å². The summed E-state index contributed by atoms with van der Waals surface area (Å²) in [5.41, 5.74) is 2.82. The number of aromatic nitrogens is 2. The molecule has 1 heterocycles. The van der Waals surface area contributed by atoms with Crippen molar-refractivity contribution in [3.8, 4) is 23.2 Å². The predicted molar refractivity (Wildman–Crippen MR) is 77.3 cm³/mol. The van der Waals surface area contributed by atoms with Crippen LogP contribution in [-0.2, 0) is 0 Å². The molecular formula is C15H16N4O. The van der Waals surface area contributed by atoms with Crippen LogP contribution in [0.5, 0.6) is 5.75 Å². The van der Waals surface area contributed by atoms with Crippen molar-refractivity contribution in [3.63, 3.8) is 0 Å². The zero-order valence-corrected chi connectivity index (χ0v) is 11.7. The molecule has 0 radical (unpaired) electrons. The summed E-state index contributed by atoms with van der Waals surface area (Å²) in [6.07, 6.45) is 1.81. The van der Waals surface area contributed by atoms with Crippen LogP contribution in [0.2, 0.25) is 0 Å². The van der Waals surface area contributed by atoms with Crippen molar-refractivity contribution in [2.24, 2.45) is 0 Å². The topological polar surface area (TPSA) is 70.8 Å². The first-order valence-corrected chi connectivity index (χ1v) is 6.33. The Kier molecular flexibility index (Phi) is 4.16. The third kappa shape index (κ3) is 2.86. The van der Waals surface area contributed by atoms with Gasteiger partial charge in [-0.15, -0.1) is 10.2 Å². The SMILES string of the molecule is COc1ccc(C(C)C)cc1-c1ccc(NC#N)nn1. The lowest BCUT2D eigenvalue weighted by molar-refractivity contribution is 0.416. The number of nitrogens with zero attached hydrogens (tertiary/aromatic N) is 3. The van der Waals surface area contributed by atoms with Crippen LogP contribution in [0.25, 0.3) is 11.3 Å². The van der Waals surface area contributed by atoms with Gasteiger partial charge < -0.3 is 4.74 Å². The van der Waals surface area contributed by atoms with Gasteiger partial charge in [0.25, 0.3) is 0 Å². The summed E-state index contributed by atoms with van der Waals surface area (Å²) < 4.78 is 5.38. The fraction of sp³-hybridized carbons (Fsp3) is 0.267. The molecule has 0 saturated carbocycles. The molecule has 5 heteroatoms. The summed E-state index contributed by atoms with van der Waals surface area (Å²) in [7, 11) is 1.63. The quantitative estimate of drug-likeness (QED) is 0.681. The summed E-state index contributed by atoms with van der Waals surface area (Å²) in [6, 6.07) is 9.58. The summed E-state index contributed by atoms with van der Waals surface area (Å²) in [5.74, 6) is 1.60. The van der Waals surface area contributed by atoms with Crippen LogP contribution in [-0.4, -0.2) is 17.3 Å². The maximum absolute atomic E-state index is 8.54. The van der Waals surface area contributed by atoms with Gasteiger partial charge in [-0.1, -0.05) is 19.9 Å². The van der Waals surface area contributed by atoms with Crippen LogP contribution in [0.1, 0.15) is 25.3 Å². The molecule has 0 bridgehead atoms. The second kappa shape index (κ2) is 6.02. The van der Waals surface area contributed by atoms with Gasteiger partial charge in [-0.3, -0.25) is 5.32 Å². The summed E-state index contributed by atoms with van der Waals surface area (Å²) in [4.78, 5) is 0. The minimum atomic E-state index is 0.423. The minimum Gasteiger partial charge on any atom is -0.496 e. The molecule has 1 N–H and O–H groups in total. The smallest absolute Gasteiger partial charge is 0.182 e. The molecule has 0 aliphatic rings. The Morgan fingerprint density at radius 3 is 2.55 bits per heavy atom. The van der Waals surface area contributed by atoms with Crippen molar-refractivity contribution in [3.05, 3.63) is 35.9 Å². The fourth-order valence-electron chi connectivity index (χ4n) is 1.88. The van der Waals surface area contributed by atoms with Crippen molar-refractivity contribution in [2.45, 2.75) is 19.8 Å². The van der Waals surface area contributed by atoms with Crippen LogP contribution < -0.4 is 10.1 Å². The highest BCUT2D eigenvalue weighted by atomic mass is 16.5. The normalized spacial score (nSPS) is 10.2. The molecule has 0 atom stereocenters. The Bertz CT molecular complexity index is 629. The Balaban J connectivity index is 2.44. The first kappa shape index (κ1) is 13.8. The van der Waals surface area contributed by atoms with E-state index in [1.807, 2.05) is 24.4 Å². The molecule has 102 valence electrons. The van der Waals surface area contributed by atoms with Crippen molar-refractivity contribution in [1.82, 2.24) is 10.2 Å². The van der Waals surface area contributed by atoms with Crippen LogP contribution in [0.4, 0.5) is 5.82 Å². The Morgan fingerprint density at radius 2 is 2.00 bits per heavy atom. The Hall–Kier alpha value is -2.61. The molecule has 5 nitrogen and oxygen atoms in total. The number of hydrogen-bond donors (Lipinski definition) is 1. The van der Waals surface area contributed by atoms with E-state index < -0.39 is 0 Å². The predicted octanol–water partition coefficient (Wildman–Crippen LogP) is 3.17. The molecule has 0 saturated heterocycles. The molecule has 0 amide bonds.